The lowest BCUT2D eigenvalue weighted by molar-refractivity contribution is -0.147. The van der Waals surface area contributed by atoms with Gasteiger partial charge in [0.15, 0.2) is 0 Å². The number of esters is 1. The maximum absolute atomic E-state index is 12.4. The Morgan fingerprint density at radius 2 is 1.35 bits per heavy atom. The van der Waals surface area contributed by atoms with Crippen molar-refractivity contribution in [2.45, 2.75) is 39.5 Å². The molecule has 2 rings (SSSR count). The maximum Gasteiger partial charge on any atom is 0.408 e. The molecule has 0 aliphatic carbocycles. The smallest absolute Gasteiger partial charge is 0.408 e. The summed E-state index contributed by atoms with van der Waals surface area (Å²) in [7, 11) is 0. The van der Waals surface area contributed by atoms with Gasteiger partial charge in [0.05, 0.1) is 0 Å². The molecular weight excluding hydrogens is 330 g/mol. The molecule has 1 atom stereocenters. The van der Waals surface area contributed by atoms with E-state index in [-0.39, 0.29) is 19.1 Å². The Morgan fingerprint density at radius 1 is 0.846 bits per heavy atom. The Morgan fingerprint density at radius 3 is 1.85 bits per heavy atom. The number of carbonyl (C=O) groups is 2. The molecule has 0 unspecified atom stereocenters. The number of amides is 1. The van der Waals surface area contributed by atoms with Crippen molar-refractivity contribution in [1.29, 1.82) is 0 Å². The number of benzene rings is 2. The first-order chi connectivity index (χ1) is 12.5. The van der Waals surface area contributed by atoms with Gasteiger partial charge in [-0.25, -0.2) is 9.59 Å². The maximum atomic E-state index is 12.4. The van der Waals surface area contributed by atoms with E-state index >= 15 is 0 Å². The average molecular weight is 355 g/mol. The standard InChI is InChI=1S/C21H25NO4/c1-16(2)13-19(20(23)25-14-17-9-5-3-6-10-17)22-21(24)26-15-18-11-7-4-8-12-18/h3-12,16,19H,13-15H2,1-2H3,(H,22,24)/t19-/m0/s1. The molecule has 138 valence electrons. The topological polar surface area (TPSA) is 64.6 Å². The highest BCUT2D eigenvalue weighted by atomic mass is 16.6. The van der Waals surface area contributed by atoms with Crippen LogP contribution in [0, 0.1) is 5.92 Å². The van der Waals surface area contributed by atoms with Crippen molar-refractivity contribution in [1.82, 2.24) is 5.32 Å². The zero-order chi connectivity index (χ0) is 18.8. The van der Waals surface area contributed by atoms with Gasteiger partial charge in [-0.05, 0) is 23.5 Å². The quantitative estimate of drug-likeness (QED) is 0.725. The lowest BCUT2D eigenvalue weighted by Gasteiger charge is -2.19. The van der Waals surface area contributed by atoms with Gasteiger partial charge in [-0.1, -0.05) is 74.5 Å². The summed E-state index contributed by atoms with van der Waals surface area (Å²) in [5.41, 5.74) is 1.78. The number of rotatable bonds is 8. The van der Waals surface area contributed by atoms with Gasteiger partial charge in [0, 0.05) is 0 Å². The Bertz CT molecular complexity index is 686. The van der Waals surface area contributed by atoms with Crippen molar-refractivity contribution >= 4 is 12.1 Å². The third-order valence-electron chi connectivity index (χ3n) is 3.72. The molecule has 5 heteroatoms. The molecule has 0 aliphatic rings. The van der Waals surface area contributed by atoms with Gasteiger partial charge in [-0.3, -0.25) is 0 Å². The molecule has 0 saturated heterocycles. The van der Waals surface area contributed by atoms with E-state index in [0.717, 1.165) is 11.1 Å². The number of ether oxygens (including phenoxy) is 2. The Hall–Kier alpha value is -2.82. The summed E-state index contributed by atoms with van der Waals surface area (Å²) in [4.78, 5) is 24.4. The first-order valence-corrected chi connectivity index (χ1v) is 8.72. The molecule has 0 heterocycles. The number of hydrogen-bond acceptors (Lipinski definition) is 4. The second-order valence-corrected chi connectivity index (χ2v) is 6.48. The minimum atomic E-state index is -0.734. The summed E-state index contributed by atoms with van der Waals surface area (Å²) in [6, 6.07) is 18.1. The van der Waals surface area contributed by atoms with Crippen LogP contribution in [0.2, 0.25) is 0 Å². The average Bonchev–Trinajstić information content (AvgIpc) is 2.65. The second-order valence-electron chi connectivity index (χ2n) is 6.48. The van der Waals surface area contributed by atoms with Crippen molar-refractivity contribution in [3.63, 3.8) is 0 Å². The Balaban J connectivity index is 1.86. The number of carbonyl (C=O) groups excluding carboxylic acids is 2. The zero-order valence-corrected chi connectivity index (χ0v) is 15.2. The van der Waals surface area contributed by atoms with Gasteiger partial charge >= 0.3 is 12.1 Å². The summed E-state index contributed by atoms with van der Waals surface area (Å²) in [6.45, 7) is 4.29. The molecule has 5 nitrogen and oxygen atoms in total. The fraction of sp³-hybridized carbons (Fsp3) is 0.333. The summed E-state index contributed by atoms with van der Waals surface area (Å²) in [6.07, 6.45) is -0.148. The van der Waals surface area contributed by atoms with Crippen LogP contribution in [-0.2, 0) is 27.5 Å². The summed E-state index contributed by atoms with van der Waals surface area (Å²) in [5.74, 6) is -0.238. The van der Waals surface area contributed by atoms with Gasteiger partial charge in [0.1, 0.15) is 19.3 Å². The minimum absolute atomic E-state index is 0.153. The molecular formula is C21H25NO4. The van der Waals surface area contributed by atoms with E-state index in [2.05, 4.69) is 5.32 Å². The van der Waals surface area contributed by atoms with E-state index in [0.29, 0.717) is 6.42 Å². The van der Waals surface area contributed by atoms with Crippen molar-refractivity contribution in [2.24, 2.45) is 5.92 Å². The summed E-state index contributed by atoms with van der Waals surface area (Å²) in [5, 5.41) is 2.62. The number of alkyl carbamates (subject to hydrolysis) is 1. The van der Waals surface area contributed by atoms with Gasteiger partial charge < -0.3 is 14.8 Å². The second kappa shape index (κ2) is 10.2. The summed E-state index contributed by atoms with van der Waals surface area (Å²) < 4.78 is 10.5. The summed E-state index contributed by atoms with van der Waals surface area (Å²) >= 11 is 0. The molecule has 0 spiro atoms. The highest BCUT2D eigenvalue weighted by molar-refractivity contribution is 5.81. The fourth-order valence-corrected chi connectivity index (χ4v) is 2.42. The molecule has 1 N–H and O–H groups in total. The Labute approximate surface area is 154 Å². The van der Waals surface area contributed by atoms with Crippen LogP contribution in [-0.4, -0.2) is 18.1 Å². The molecule has 1 amide bonds. The molecule has 0 fully saturated rings. The van der Waals surface area contributed by atoms with Crippen LogP contribution in [0.4, 0.5) is 4.79 Å². The van der Waals surface area contributed by atoms with Crippen molar-refractivity contribution in [3.05, 3.63) is 71.8 Å². The monoisotopic (exact) mass is 355 g/mol. The molecule has 0 saturated carbocycles. The molecule has 0 bridgehead atoms. The van der Waals surface area contributed by atoms with Gasteiger partial charge in [0.2, 0.25) is 0 Å². The fourth-order valence-electron chi connectivity index (χ4n) is 2.42. The van der Waals surface area contributed by atoms with Crippen LogP contribution in [0.25, 0.3) is 0 Å². The van der Waals surface area contributed by atoms with E-state index in [9.17, 15) is 9.59 Å². The van der Waals surface area contributed by atoms with Crippen molar-refractivity contribution in [2.75, 3.05) is 0 Å². The SMILES string of the molecule is CC(C)C[C@H](NC(=O)OCc1ccccc1)C(=O)OCc1ccccc1. The van der Waals surface area contributed by atoms with Crippen LogP contribution >= 0.6 is 0 Å². The van der Waals surface area contributed by atoms with Crippen LogP contribution < -0.4 is 5.32 Å². The highest BCUT2D eigenvalue weighted by Crippen LogP contribution is 2.09. The first kappa shape index (κ1) is 19.5. The van der Waals surface area contributed by atoms with Crippen LogP contribution in [0.1, 0.15) is 31.4 Å². The highest BCUT2D eigenvalue weighted by Gasteiger charge is 2.24. The van der Waals surface area contributed by atoms with Crippen LogP contribution in [0.5, 0.6) is 0 Å². The lowest BCUT2D eigenvalue weighted by atomic mass is 10.0. The molecule has 0 aliphatic heterocycles. The molecule has 0 aromatic heterocycles. The first-order valence-electron chi connectivity index (χ1n) is 8.72. The molecule has 2 aromatic rings. The van der Waals surface area contributed by atoms with Crippen LogP contribution in [0.3, 0.4) is 0 Å². The van der Waals surface area contributed by atoms with Gasteiger partial charge in [0.25, 0.3) is 0 Å². The van der Waals surface area contributed by atoms with Gasteiger partial charge in [-0.2, -0.15) is 0 Å². The molecule has 26 heavy (non-hydrogen) atoms. The van der Waals surface area contributed by atoms with Crippen molar-refractivity contribution < 1.29 is 19.1 Å². The van der Waals surface area contributed by atoms with Gasteiger partial charge in [-0.15, -0.1) is 0 Å². The van der Waals surface area contributed by atoms with E-state index in [4.69, 9.17) is 9.47 Å². The number of hydrogen-bond donors (Lipinski definition) is 1. The molecule has 0 radical (unpaired) electrons. The van der Waals surface area contributed by atoms with E-state index < -0.39 is 18.1 Å². The van der Waals surface area contributed by atoms with Crippen molar-refractivity contribution in [3.8, 4) is 0 Å². The van der Waals surface area contributed by atoms with Crippen LogP contribution in [0.15, 0.2) is 60.7 Å². The third kappa shape index (κ3) is 6.97. The predicted molar refractivity (Wildman–Crippen MR) is 99.2 cm³/mol. The minimum Gasteiger partial charge on any atom is -0.459 e. The Kier molecular flexibility index (Phi) is 7.68. The van der Waals surface area contributed by atoms with E-state index in [1.165, 1.54) is 0 Å². The molecule has 2 aromatic carbocycles. The normalized spacial score (nSPS) is 11.7. The zero-order valence-electron chi connectivity index (χ0n) is 15.2. The predicted octanol–water partition coefficient (Wildman–Crippen LogP) is 4.07. The third-order valence-corrected chi connectivity index (χ3v) is 3.72. The lowest BCUT2D eigenvalue weighted by Crippen LogP contribution is -2.42. The largest absolute Gasteiger partial charge is 0.459 e. The van der Waals surface area contributed by atoms with E-state index in [1.54, 1.807) is 0 Å². The number of nitrogens with one attached hydrogen (secondary N) is 1. The van der Waals surface area contributed by atoms with E-state index in [1.807, 2.05) is 74.5 Å².